The second-order valence-corrected chi connectivity index (χ2v) is 6.62. The van der Waals surface area contributed by atoms with Crippen LogP contribution in [-0.2, 0) is 0 Å². The van der Waals surface area contributed by atoms with Crippen LogP contribution in [0.3, 0.4) is 0 Å². The third-order valence-corrected chi connectivity index (χ3v) is 5.01. The lowest BCUT2D eigenvalue weighted by atomic mass is 10.2. The number of hydrogen-bond acceptors (Lipinski definition) is 3. The van der Waals surface area contributed by atoms with Gasteiger partial charge in [-0.3, -0.25) is 4.79 Å². The molecule has 0 bridgehead atoms. The number of carbonyl (C=O) groups is 1. The fraction of sp³-hybridized carbons (Fsp3) is 0. The summed E-state index contributed by atoms with van der Waals surface area (Å²) in [6, 6.07) is 7.78. The molecule has 0 aliphatic carbocycles. The monoisotopic (exact) mass is 410 g/mol. The molecular formula is C14H8Br2N2OS. The Hall–Kier alpha value is -1.24. The number of aromatic nitrogens is 2. The molecule has 3 rings (SSSR count). The lowest BCUT2D eigenvalue weighted by Gasteiger charge is -2.01. The third-order valence-electron chi connectivity index (χ3n) is 2.81. The summed E-state index contributed by atoms with van der Waals surface area (Å²) >= 11 is 8.49. The molecule has 0 radical (unpaired) electrons. The lowest BCUT2D eigenvalue weighted by molar-refractivity contribution is 0.112. The minimum Gasteiger partial charge on any atom is -0.298 e. The quantitative estimate of drug-likeness (QED) is 0.572. The van der Waals surface area contributed by atoms with Crippen LogP contribution < -0.4 is 0 Å². The highest BCUT2D eigenvalue weighted by molar-refractivity contribution is 9.10. The van der Waals surface area contributed by atoms with E-state index in [1.54, 1.807) is 22.2 Å². The van der Waals surface area contributed by atoms with Crippen molar-refractivity contribution < 1.29 is 4.79 Å². The van der Waals surface area contributed by atoms with E-state index in [9.17, 15) is 4.79 Å². The van der Waals surface area contributed by atoms with Gasteiger partial charge >= 0.3 is 0 Å². The molecule has 0 unspecified atom stereocenters. The van der Waals surface area contributed by atoms with Crippen LogP contribution in [-0.4, -0.2) is 16.1 Å². The minimum absolute atomic E-state index is 0.573. The molecule has 100 valence electrons. The predicted molar refractivity (Wildman–Crippen MR) is 87.7 cm³/mol. The van der Waals surface area contributed by atoms with E-state index in [1.807, 2.05) is 35.0 Å². The summed E-state index contributed by atoms with van der Waals surface area (Å²) in [5.41, 5.74) is 3.10. The van der Waals surface area contributed by atoms with Gasteiger partial charge in [0.1, 0.15) is 5.69 Å². The molecule has 1 aromatic carbocycles. The van der Waals surface area contributed by atoms with Crippen molar-refractivity contribution in [1.29, 1.82) is 0 Å². The van der Waals surface area contributed by atoms with E-state index >= 15 is 0 Å². The van der Waals surface area contributed by atoms with Gasteiger partial charge in [0.2, 0.25) is 0 Å². The van der Waals surface area contributed by atoms with Crippen LogP contribution in [0.4, 0.5) is 0 Å². The van der Waals surface area contributed by atoms with Gasteiger partial charge in [-0.05, 0) is 34.1 Å². The Labute approximate surface area is 136 Å². The van der Waals surface area contributed by atoms with Gasteiger partial charge in [-0.25, -0.2) is 4.68 Å². The van der Waals surface area contributed by atoms with E-state index in [4.69, 9.17) is 0 Å². The molecule has 20 heavy (non-hydrogen) atoms. The van der Waals surface area contributed by atoms with Crippen molar-refractivity contribution in [2.24, 2.45) is 0 Å². The largest absolute Gasteiger partial charge is 0.298 e. The first-order valence-electron chi connectivity index (χ1n) is 5.72. The molecule has 6 heteroatoms. The van der Waals surface area contributed by atoms with Crippen LogP contribution in [0.15, 0.2) is 50.2 Å². The average Bonchev–Trinajstić information content (AvgIpc) is 3.04. The molecule has 0 amide bonds. The van der Waals surface area contributed by atoms with Crippen LogP contribution in [0.1, 0.15) is 10.4 Å². The van der Waals surface area contributed by atoms with E-state index in [0.29, 0.717) is 11.3 Å². The zero-order chi connectivity index (χ0) is 14.1. The Morgan fingerprint density at radius 3 is 2.75 bits per heavy atom. The van der Waals surface area contributed by atoms with Crippen molar-refractivity contribution in [3.05, 3.63) is 55.7 Å². The second kappa shape index (κ2) is 5.63. The van der Waals surface area contributed by atoms with Gasteiger partial charge in [0, 0.05) is 31.5 Å². The summed E-state index contributed by atoms with van der Waals surface area (Å²) in [7, 11) is 0. The molecule has 2 aromatic heterocycles. The summed E-state index contributed by atoms with van der Waals surface area (Å²) < 4.78 is 3.63. The Balaban J connectivity index is 2.14. The summed E-state index contributed by atoms with van der Waals surface area (Å²) in [5.74, 6) is 0. The Bertz CT molecular complexity index is 779. The minimum atomic E-state index is 0.573. The highest BCUT2D eigenvalue weighted by atomic mass is 79.9. The van der Waals surface area contributed by atoms with E-state index in [0.717, 1.165) is 26.5 Å². The fourth-order valence-electron chi connectivity index (χ4n) is 1.88. The van der Waals surface area contributed by atoms with Crippen molar-refractivity contribution in [1.82, 2.24) is 9.78 Å². The molecule has 0 aliphatic rings. The smallest absolute Gasteiger partial charge is 0.153 e. The highest BCUT2D eigenvalue weighted by Gasteiger charge is 2.14. The molecule has 0 atom stereocenters. The number of thiophene rings is 1. The second-order valence-electron chi connectivity index (χ2n) is 4.11. The predicted octanol–water partition coefficient (Wildman–Crippen LogP) is 4.94. The maximum Gasteiger partial charge on any atom is 0.153 e. The number of aldehydes is 1. The van der Waals surface area contributed by atoms with E-state index in [-0.39, 0.29) is 0 Å². The van der Waals surface area contributed by atoms with Gasteiger partial charge in [-0.2, -0.15) is 16.4 Å². The summed E-state index contributed by atoms with van der Waals surface area (Å²) in [6.07, 6.45) is 2.58. The van der Waals surface area contributed by atoms with Crippen LogP contribution in [0.2, 0.25) is 0 Å². The normalized spacial score (nSPS) is 10.7. The molecule has 3 aromatic rings. The number of hydrogen-bond donors (Lipinski definition) is 0. The standard InChI is InChI=1S/C14H8Br2N2OS/c15-10-2-1-3-11(4-10)18-5-9(6-19)14(17-18)12-7-20-8-13(12)16/h1-8H. The molecule has 0 N–H and O–H groups in total. The average molecular weight is 412 g/mol. The molecule has 2 heterocycles. The number of halogens is 2. The van der Waals surface area contributed by atoms with Gasteiger partial charge in [0.15, 0.2) is 6.29 Å². The SMILES string of the molecule is O=Cc1cn(-c2cccc(Br)c2)nc1-c1cscc1Br. The van der Waals surface area contributed by atoms with E-state index in [2.05, 4.69) is 37.0 Å². The van der Waals surface area contributed by atoms with Crippen LogP contribution in [0.5, 0.6) is 0 Å². The molecular weight excluding hydrogens is 404 g/mol. The van der Waals surface area contributed by atoms with E-state index in [1.165, 1.54) is 0 Å². The zero-order valence-electron chi connectivity index (χ0n) is 10.1. The van der Waals surface area contributed by atoms with E-state index < -0.39 is 0 Å². The molecule has 0 saturated heterocycles. The van der Waals surface area contributed by atoms with Gasteiger partial charge < -0.3 is 0 Å². The summed E-state index contributed by atoms with van der Waals surface area (Å²) in [6.45, 7) is 0. The summed E-state index contributed by atoms with van der Waals surface area (Å²) in [5, 5.41) is 8.49. The molecule has 0 fully saturated rings. The zero-order valence-corrected chi connectivity index (χ0v) is 14.1. The number of benzene rings is 1. The molecule has 0 spiro atoms. The van der Waals surface area contributed by atoms with Gasteiger partial charge in [-0.1, -0.05) is 22.0 Å². The molecule has 0 saturated carbocycles. The van der Waals surface area contributed by atoms with Crippen LogP contribution in [0, 0.1) is 0 Å². The first kappa shape index (κ1) is 13.7. The van der Waals surface area contributed by atoms with Gasteiger partial charge in [0.25, 0.3) is 0 Å². The van der Waals surface area contributed by atoms with Gasteiger partial charge in [0.05, 0.1) is 11.3 Å². The Kier molecular flexibility index (Phi) is 3.87. The highest BCUT2D eigenvalue weighted by Crippen LogP contribution is 2.32. The first-order valence-corrected chi connectivity index (χ1v) is 8.25. The van der Waals surface area contributed by atoms with Crippen molar-refractivity contribution in [3.8, 4) is 16.9 Å². The first-order chi connectivity index (χ1) is 9.69. The Morgan fingerprint density at radius 2 is 2.10 bits per heavy atom. The number of carbonyl (C=O) groups excluding carboxylic acids is 1. The lowest BCUT2D eigenvalue weighted by Crippen LogP contribution is -1.94. The van der Waals surface area contributed by atoms with Crippen molar-refractivity contribution in [2.75, 3.05) is 0 Å². The maximum absolute atomic E-state index is 11.3. The third kappa shape index (κ3) is 2.51. The van der Waals surface area contributed by atoms with Crippen molar-refractivity contribution in [2.45, 2.75) is 0 Å². The van der Waals surface area contributed by atoms with Crippen LogP contribution >= 0.6 is 43.2 Å². The molecule has 0 aliphatic heterocycles. The fourth-order valence-corrected chi connectivity index (χ4v) is 3.74. The van der Waals surface area contributed by atoms with Crippen LogP contribution in [0.25, 0.3) is 16.9 Å². The van der Waals surface area contributed by atoms with Crippen molar-refractivity contribution >= 4 is 49.5 Å². The summed E-state index contributed by atoms with van der Waals surface area (Å²) in [4.78, 5) is 11.3. The van der Waals surface area contributed by atoms with Crippen molar-refractivity contribution in [3.63, 3.8) is 0 Å². The van der Waals surface area contributed by atoms with Gasteiger partial charge in [-0.15, -0.1) is 0 Å². The topological polar surface area (TPSA) is 34.9 Å². The Morgan fingerprint density at radius 1 is 1.25 bits per heavy atom. The maximum atomic E-state index is 11.3. The number of nitrogens with zero attached hydrogens (tertiary/aromatic N) is 2. The number of rotatable bonds is 3. The molecule has 3 nitrogen and oxygen atoms in total.